The number of unbranched alkanes of at least 4 members (excludes halogenated alkanes) is 2. The van der Waals surface area contributed by atoms with Crippen molar-refractivity contribution < 1.29 is 9.32 Å². The summed E-state index contributed by atoms with van der Waals surface area (Å²) < 4.78 is 4.85. The molecule has 0 saturated heterocycles. The average Bonchev–Trinajstić information content (AvgIpc) is 2.99. The van der Waals surface area contributed by atoms with Gasteiger partial charge in [0.1, 0.15) is 10.8 Å². The molecule has 19 heavy (non-hydrogen) atoms. The molecule has 2 rings (SSSR count). The van der Waals surface area contributed by atoms with Crippen molar-refractivity contribution in [3.8, 4) is 0 Å². The van der Waals surface area contributed by atoms with Gasteiger partial charge in [-0.1, -0.05) is 36.3 Å². The van der Waals surface area contributed by atoms with Gasteiger partial charge in [-0.15, -0.1) is 10.2 Å². The van der Waals surface area contributed by atoms with Gasteiger partial charge in [0.05, 0.1) is 0 Å². The molecular weight excluding hydrogens is 264 g/mol. The summed E-state index contributed by atoms with van der Waals surface area (Å²) in [6, 6.07) is 1.58. The lowest BCUT2D eigenvalue weighted by Gasteiger charge is -1.95. The lowest BCUT2D eigenvalue weighted by Crippen LogP contribution is -2.11. The number of rotatable bonds is 6. The minimum absolute atomic E-state index is 0.250. The number of aryl methyl sites for hydroxylation is 2. The van der Waals surface area contributed by atoms with Crippen LogP contribution in [0.25, 0.3) is 0 Å². The molecule has 1 N–H and O–H groups in total. The van der Waals surface area contributed by atoms with E-state index in [2.05, 4.69) is 27.6 Å². The zero-order valence-corrected chi connectivity index (χ0v) is 11.8. The maximum absolute atomic E-state index is 11.8. The summed E-state index contributed by atoms with van der Waals surface area (Å²) in [5.41, 5.74) is 0.250. The standard InChI is InChI=1S/C12H16N4O2S/c1-3-4-5-6-10-14-15-12(19-10)13-11(17)9-7-8(2)18-16-9/h7H,3-6H2,1-2H3,(H,13,15,17). The molecule has 0 aliphatic rings. The number of carbonyl (C=O) groups is 1. The SMILES string of the molecule is CCCCCc1nnc(NC(=O)c2cc(C)on2)s1. The maximum atomic E-state index is 11.8. The number of anilines is 1. The Morgan fingerprint density at radius 1 is 1.42 bits per heavy atom. The van der Waals surface area contributed by atoms with Gasteiger partial charge < -0.3 is 4.52 Å². The van der Waals surface area contributed by atoms with E-state index in [9.17, 15) is 4.79 Å². The van der Waals surface area contributed by atoms with Gasteiger partial charge in [-0.25, -0.2) is 0 Å². The highest BCUT2D eigenvalue weighted by Crippen LogP contribution is 2.18. The molecule has 6 nitrogen and oxygen atoms in total. The van der Waals surface area contributed by atoms with Crippen molar-refractivity contribution in [1.29, 1.82) is 0 Å². The quantitative estimate of drug-likeness (QED) is 0.823. The van der Waals surface area contributed by atoms with Crippen LogP contribution in [0.3, 0.4) is 0 Å². The van der Waals surface area contributed by atoms with Gasteiger partial charge in [0.2, 0.25) is 5.13 Å². The van der Waals surface area contributed by atoms with E-state index < -0.39 is 0 Å². The van der Waals surface area contributed by atoms with Crippen molar-refractivity contribution in [2.75, 3.05) is 5.32 Å². The molecule has 2 heterocycles. The van der Waals surface area contributed by atoms with Gasteiger partial charge in [0.15, 0.2) is 5.69 Å². The highest BCUT2D eigenvalue weighted by molar-refractivity contribution is 7.15. The first-order chi connectivity index (χ1) is 9.19. The number of amides is 1. The largest absolute Gasteiger partial charge is 0.361 e. The van der Waals surface area contributed by atoms with E-state index in [0.717, 1.165) is 17.8 Å². The van der Waals surface area contributed by atoms with Gasteiger partial charge in [0.25, 0.3) is 5.91 Å². The molecule has 0 atom stereocenters. The molecule has 0 radical (unpaired) electrons. The van der Waals surface area contributed by atoms with Crippen molar-refractivity contribution in [2.24, 2.45) is 0 Å². The van der Waals surface area contributed by atoms with Crippen molar-refractivity contribution in [2.45, 2.75) is 39.5 Å². The van der Waals surface area contributed by atoms with Gasteiger partial charge in [-0.3, -0.25) is 10.1 Å². The van der Waals surface area contributed by atoms with Crippen molar-refractivity contribution in [3.05, 3.63) is 22.5 Å². The Kier molecular flexibility index (Phi) is 4.62. The lowest BCUT2D eigenvalue weighted by atomic mass is 10.2. The van der Waals surface area contributed by atoms with Crippen molar-refractivity contribution >= 4 is 22.4 Å². The Bertz CT molecular complexity index is 549. The molecule has 0 bridgehead atoms. The van der Waals surface area contributed by atoms with Crippen LogP contribution in [0.15, 0.2) is 10.6 Å². The first-order valence-corrected chi connectivity index (χ1v) is 7.07. The Labute approximate surface area is 115 Å². The third kappa shape index (κ3) is 3.85. The van der Waals surface area contributed by atoms with Crippen LogP contribution < -0.4 is 5.32 Å². The topological polar surface area (TPSA) is 80.9 Å². The van der Waals surface area contributed by atoms with Crippen LogP contribution in [0, 0.1) is 6.92 Å². The maximum Gasteiger partial charge on any atom is 0.279 e. The van der Waals surface area contributed by atoms with E-state index in [1.807, 2.05) is 0 Å². The fourth-order valence-corrected chi connectivity index (χ4v) is 2.34. The zero-order valence-electron chi connectivity index (χ0n) is 11.0. The summed E-state index contributed by atoms with van der Waals surface area (Å²) in [7, 11) is 0. The molecule has 2 aromatic rings. The average molecular weight is 280 g/mol. The Hall–Kier alpha value is -1.76. The van der Waals surface area contributed by atoms with Gasteiger partial charge in [0, 0.05) is 12.5 Å². The van der Waals surface area contributed by atoms with Crippen LogP contribution in [-0.2, 0) is 6.42 Å². The second-order valence-electron chi connectivity index (χ2n) is 4.23. The minimum atomic E-state index is -0.326. The van der Waals surface area contributed by atoms with Gasteiger partial charge in [-0.05, 0) is 13.3 Å². The van der Waals surface area contributed by atoms with Gasteiger partial charge >= 0.3 is 0 Å². The molecule has 7 heteroatoms. The molecule has 2 aromatic heterocycles. The smallest absolute Gasteiger partial charge is 0.279 e. The fraction of sp³-hybridized carbons (Fsp3) is 0.500. The molecule has 0 aliphatic heterocycles. The summed E-state index contributed by atoms with van der Waals surface area (Å²) in [6.45, 7) is 3.90. The first kappa shape index (κ1) is 13.7. The molecule has 0 aromatic carbocycles. The number of hydrogen-bond acceptors (Lipinski definition) is 6. The van der Waals surface area contributed by atoms with E-state index in [1.54, 1.807) is 13.0 Å². The predicted molar refractivity (Wildman–Crippen MR) is 72.3 cm³/mol. The molecule has 0 saturated carbocycles. The van der Waals surface area contributed by atoms with E-state index in [4.69, 9.17) is 4.52 Å². The van der Waals surface area contributed by atoms with Crippen LogP contribution in [0.5, 0.6) is 0 Å². The van der Waals surface area contributed by atoms with Crippen molar-refractivity contribution in [3.63, 3.8) is 0 Å². The summed E-state index contributed by atoms with van der Waals surface area (Å²) in [6.07, 6.45) is 4.36. The third-order valence-electron chi connectivity index (χ3n) is 2.54. The summed E-state index contributed by atoms with van der Waals surface area (Å²) in [4.78, 5) is 11.8. The molecule has 0 aliphatic carbocycles. The lowest BCUT2D eigenvalue weighted by molar-refractivity contribution is 0.101. The molecule has 102 valence electrons. The normalized spacial score (nSPS) is 10.6. The molecular formula is C12H16N4O2S. The fourth-order valence-electron chi connectivity index (χ4n) is 1.57. The number of carbonyl (C=O) groups excluding carboxylic acids is 1. The molecule has 0 unspecified atom stereocenters. The monoisotopic (exact) mass is 280 g/mol. The highest BCUT2D eigenvalue weighted by atomic mass is 32.1. The third-order valence-corrected chi connectivity index (χ3v) is 3.44. The van der Waals surface area contributed by atoms with Crippen molar-refractivity contribution in [1.82, 2.24) is 15.4 Å². The summed E-state index contributed by atoms with van der Waals surface area (Å²) >= 11 is 1.40. The van der Waals surface area contributed by atoms with Crippen LogP contribution in [0.4, 0.5) is 5.13 Å². The number of hydrogen-bond donors (Lipinski definition) is 1. The summed E-state index contributed by atoms with van der Waals surface area (Å²) in [5.74, 6) is 0.274. The predicted octanol–water partition coefficient (Wildman–Crippen LogP) is 2.82. The zero-order chi connectivity index (χ0) is 13.7. The van der Waals surface area contributed by atoms with E-state index in [1.165, 1.54) is 24.2 Å². The van der Waals surface area contributed by atoms with Gasteiger partial charge in [-0.2, -0.15) is 0 Å². The van der Waals surface area contributed by atoms with E-state index in [0.29, 0.717) is 10.9 Å². The summed E-state index contributed by atoms with van der Waals surface area (Å²) in [5, 5.41) is 15.8. The van der Waals surface area contributed by atoms with E-state index >= 15 is 0 Å². The minimum Gasteiger partial charge on any atom is -0.361 e. The first-order valence-electron chi connectivity index (χ1n) is 6.26. The number of aromatic nitrogens is 3. The second kappa shape index (κ2) is 6.42. The Morgan fingerprint density at radius 3 is 2.95 bits per heavy atom. The number of nitrogens with zero attached hydrogens (tertiary/aromatic N) is 3. The molecule has 0 fully saturated rings. The van der Waals surface area contributed by atoms with Crippen LogP contribution in [-0.4, -0.2) is 21.3 Å². The van der Waals surface area contributed by atoms with Crippen LogP contribution in [0.1, 0.15) is 47.4 Å². The molecule has 1 amide bonds. The Morgan fingerprint density at radius 2 is 2.26 bits per heavy atom. The second-order valence-corrected chi connectivity index (χ2v) is 5.30. The van der Waals surface area contributed by atoms with Crippen LogP contribution in [0.2, 0.25) is 0 Å². The highest BCUT2D eigenvalue weighted by Gasteiger charge is 2.13. The van der Waals surface area contributed by atoms with E-state index in [-0.39, 0.29) is 11.6 Å². The number of nitrogens with one attached hydrogen (secondary N) is 1. The Balaban J connectivity index is 1.90. The van der Waals surface area contributed by atoms with Crippen LogP contribution >= 0.6 is 11.3 Å². The molecule has 0 spiro atoms.